The van der Waals surface area contributed by atoms with E-state index in [1.165, 1.54) is 18.2 Å². The number of carbonyl (C=O) groups is 2. The van der Waals surface area contributed by atoms with Crippen molar-refractivity contribution in [3.05, 3.63) is 34.1 Å². The van der Waals surface area contributed by atoms with E-state index in [0.29, 0.717) is 4.47 Å². The van der Waals surface area contributed by atoms with Crippen LogP contribution in [0.4, 0.5) is 4.39 Å². The molecule has 0 aliphatic rings. The first-order valence-corrected chi connectivity index (χ1v) is 5.49. The fourth-order valence-electron chi connectivity index (χ4n) is 1.33. The highest BCUT2D eigenvalue weighted by atomic mass is 79.9. The molecule has 0 heterocycles. The minimum Gasteiger partial charge on any atom is -0.481 e. The summed E-state index contributed by atoms with van der Waals surface area (Å²) in [5, 5.41) is 8.86. The van der Waals surface area contributed by atoms with E-state index in [1.54, 1.807) is 0 Å². The number of methoxy groups -OCH3 is 1. The van der Waals surface area contributed by atoms with Crippen LogP contribution in [0.25, 0.3) is 0 Å². The van der Waals surface area contributed by atoms with Crippen LogP contribution in [-0.2, 0) is 20.7 Å². The van der Waals surface area contributed by atoms with Crippen LogP contribution in [-0.4, -0.2) is 24.2 Å². The van der Waals surface area contributed by atoms with Gasteiger partial charge in [0.2, 0.25) is 0 Å². The molecule has 0 bridgehead atoms. The van der Waals surface area contributed by atoms with E-state index in [0.717, 1.165) is 7.11 Å². The van der Waals surface area contributed by atoms with E-state index in [-0.39, 0.29) is 12.0 Å². The van der Waals surface area contributed by atoms with Crippen molar-refractivity contribution in [1.29, 1.82) is 0 Å². The zero-order valence-corrected chi connectivity index (χ0v) is 10.5. The first-order valence-electron chi connectivity index (χ1n) is 4.70. The number of esters is 1. The molecule has 17 heavy (non-hydrogen) atoms. The fraction of sp³-hybridized carbons (Fsp3) is 0.273. The summed E-state index contributed by atoms with van der Waals surface area (Å²) in [6.45, 7) is 0. The maximum Gasteiger partial charge on any atom is 0.320 e. The van der Waals surface area contributed by atoms with Gasteiger partial charge in [-0.3, -0.25) is 9.59 Å². The third-order valence-electron chi connectivity index (χ3n) is 2.22. The van der Waals surface area contributed by atoms with Crippen LogP contribution in [0, 0.1) is 11.7 Å². The molecule has 0 radical (unpaired) electrons. The first kappa shape index (κ1) is 13.6. The van der Waals surface area contributed by atoms with Gasteiger partial charge in [-0.2, -0.15) is 0 Å². The van der Waals surface area contributed by atoms with Crippen molar-refractivity contribution in [3.63, 3.8) is 0 Å². The lowest BCUT2D eigenvalue weighted by Crippen LogP contribution is -2.27. The van der Waals surface area contributed by atoms with Gasteiger partial charge in [-0.05, 0) is 30.2 Å². The average molecular weight is 305 g/mol. The molecule has 1 rings (SSSR count). The predicted molar refractivity (Wildman–Crippen MR) is 60.9 cm³/mol. The van der Waals surface area contributed by atoms with Crippen LogP contribution in [0.2, 0.25) is 0 Å². The van der Waals surface area contributed by atoms with E-state index in [9.17, 15) is 14.0 Å². The SMILES string of the molecule is COC(=O)C(Cc1cc(Br)ccc1F)C(=O)O. The van der Waals surface area contributed by atoms with Crippen LogP contribution < -0.4 is 0 Å². The van der Waals surface area contributed by atoms with Crippen molar-refractivity contribution >= 4 is 27.9 Å². The zero-order valence-electron chi connectivity index (χ0n) is 8.94. The van der Waals surface area contributed by atoms with Crippen LogP contribution in [0.1, 0.15) is 5.56 Å². The van der Waals surface area contributed by atoms with Crippen molar-refractivity contribution in [3.8, 4) is 0 Å². The molecule has 4 nitrogen and oxygen atoms in total. The molecule has 0 spiro atoms. The Labute approximate surface area is 106 Å². The molecule has 0 aromatic heterocycles. The molecule has 0 saturated heterocycles. The fourth-order valence-corrected chi connectivity index (χ4v) is 1.74. The number of carbonyl (C=O) groups excluding carboxylic acids is 1. The molecule has 1 aromatic carbocycles. The molecule has 92 valence electrons. The Balaban J connectivity index is 2.97. The van der Waals surface area contributed by atoms with Crippen molar-refractivity contribution < 1.29 is 23.8 Å². The van der Waals surface area contributed by atoms with Crippen molar-refractivity contribution in [2.75, 3.05) is 7.11 Å². The quantitative estimate of drug-likeness (QED) is 0.682. The Hall–Kier alpha value is -1.43. The number of benzene rings is 1. The van der Waals surface area contributed by atoms with Gasteiger partial charge in [0.1, 0.15) is 5.82 Å². The summed E-state index contributed by atoms with van der Waals surface area (Å²) in [7, 11) is 1.09. The number of carboxylic acids is 1. The lowest BCUT2D eigenvalue weighted by atomic mass is 9.99. The second-order valence-corrected chi connectivity index (χ2v) is 4.27. The molecule has 0 aliphatic carbocycles. The summed E-state index contributed by atoms with van der Waals surface area (Å²) in [6.07, 6.45) is -0.243. The van der Waals surface area contributed by atoms with Crippen LogP contribution in [0.3, 0.4) is 0 Å². The number of rotatable bonds is 4. The van der Waals surface area contributed by atoms with Gasteiger partial charge >= 0.3 is 11.9 Å². The molecule has 1 N–H and O–H groups in total. The van der Waals surface area contributed by atoms with E-state index in [4.69, 9.17) is 5.11 Å². The molecule has 0 aliphatic heterocycles. The molecule has 1 aromatic rings. The van der Waals surface area contributed by atoms with Gasteiger partial charge in [0.25, 0.3) is 0 Å². The van der Waals surface area contributed by atoms with E-state index in [2.05, 4.69) is 20.7 Å². The second-order valence-electron chi connectivity index (χ2n) is 3.35. The topological polar surface area (TPSA) is 63.6 Å². The maximum absolute atomic E-state index is 13.4. The third kappa shape index (κ3) is 3.52. The predicted octanol–water partition coefficient (Wildman–Crippen LogP) is 2.00. The van der Waals surface area contributed by atoms with Crippen LogP contribution in [0.5, 0.6) is 0 Å². The minimum absolute atomic E-state index is 0.150. The zero-order chi connectivity index (χ0) is 13.0. The third-order valence-corrected chi connectivity index (χ3v) is 2.71. The summed E-state index contributed by atoms with van der Waals surface area (Å²) in [6, 6.07) is 4.14. The van der Waals surface area contributed by atoms with Gasteiger partial charge in [-0.1, -0.05) is 15.9 Å². The number of hydrogen-bond donors (Lipinski definition) is 1. The summed E-state index contributed by atoms with van der Waals surface area (Å²) < 4.78 is 18.4. The minimum atomic E-state index is -1.40. The highest BCUT2D eigenvalue weighted by molar-refractivity contribution is 9.10. The monoisotopic (exact) mass is 304 g/mol. The van der Waals surface area contributed by atoms with Crippen LogP contribution >= 0.6 is 15.9 Å². The molecule has 0 saturated carbocycles. The number of carboxylic acid groups (broad SMARTS) is 1. The Morgan fingerprint density at radius 1 is 1.53 bits per heavy atom. The lowest BCUT2D eigenvalue weighted by Gasteiger charge is -2.10. The first-order chi connectivity index (χ1) is 7.95. The Bertz CT molecular complexity index is 447. The number of halogens is 2. The van der Waals surface area contributed by atoms with Crippen molar-refractivity contribution in [2.24, 2.45) is 5.92 Å². The largest absolute Gasteiger partial charge is 0.481 e. The number of aliphatic carboxylic acids is 1. The Morgan fingerprint density at radius 3 is 2.71 bits per heavy atom. The number of hydrogen-bond acceptors (Lipinski definition) is 3. The van der Waals surface area contributed by atoms with Gasteiger partial charge in [0, 0.05) is 4.47 Å². The normalized spacial score (nSPS) is 11.9. The van der Waals surface area contributed by atoms with Gasteiger partial charge in [-0.25, -0.2) is 4.39 Å². The molecule has 6 heteroatoms. The summed E-state index contributed by atoms with van der Waals surface area (Å²) >= 11 is 3.15. The van der Waals surface area contributed by atoms with E-state index >= 15 is 0 Å². The summed E-state index contributed by atoms with van der Waals surface area (Å²) in [5.41, 5.74) is 0.150. The molecular formula is C11H10BrFO4. The maximum atomic E-state index is 13.4. The molecule has 0 amide bonds. The average Bonchev–Trinajstić information content (AvgIpc) is 2.28. The summed E-state index contributed by atoms with van der Waals surface area (Å²) in [5.74, 6) is -4.18. The molecule has 0 fully saturated rings. The van der Waals surface area contributed by atoms with Crippen molar-refractivity contribution in [2.45, 2.75) is 6.42 Å². The van der Waals surface area contributed by atoms with Gasteiger partial charge in [0.15, 0.2) is 5.92 Å². The van der Waals surface area contributed by atoms with Gasteiger partial charge < -0.3 is 9.84 Å². The number of ether oxygens (including phenoxy) is 1. The van der Waals surface area contributed by atoms with Gasteiger partial charge in [-0.15, -0.1) is 0 Å². The Morgan fingerprint density at radius 2 is 2.18 bits per heavy atom. The van der Waals surface area contributed by atoms with Crippen molar-refractivity contribution in [1.82, 2.24) is 0 Å². The van der Waals surface area contributed by atoms with Gasteiger partial charge in [0.05, 0.1) is 7.11 Å². The van der Waals surface area contributed by atoms with Crippen LogP contribution in [0.15, 0.2) is 22.7 Å². The van der Waals surface area contributed by atoms with E-state index in [1.807, 2.05) is 0 Å². The molecule has 1 unspecified atom stereocenters. The Kier molecular flexibility index (Phi) is 4.62. The summed E-state index contributed by atoms with van der Waals surface area (Å²) in [4.78, 5) is 22.1. The molecule has 1 atom stereocenters. The smallest absolute Gasteiger partial charge is 0.320 e. The second kappa shape index (κ2) is 5.77. The lowest BCUT2D eigenvalue weighted by molar-refractivity contribution is -0.156. The standard InChI is InChI=1S/C11H10BrFO4/c1-17-11(16)8(10(14)15)5-6-4-7(12)2-3-9(6)13/h2-4,8H,5H2,1H3,(H,14,15). The highest BCUT2D eigenvalue weighted by Gasteiger charge is 2.28. The van der Waals surface area contributed by atoms with E-state index < -0.39 is 23.7 Å². The molecular weight excluding hydrogens is 295 g/mol. The highest BCUT2D eigenvalue weighted by Crippen LogP contribution is 2.19.